The molecule has 0 radical (unpaired) electrons. The number of aliphatic carboxylic acids is 2. The minimum absolute atomic E-state index is 0.546. The molecule has 0 aliphatic carbocycles. The van der Waals surface area contributed by atoms with Crippen molar-refractivity contribution in [3.05, 3.63) is 35.7 Å². The highest BCUT2D eigenvalue weighted by molar-refractivity contribution is 5.91. The molecule has 0 bridgehead atoms. The average Bonchev–Trinajstić information content (AvgIpc) is 3.17. The zero-order valence-electron chi connectivity index (χ0n) is 20.4. The Morgan fingerprint density at radius 2 is 1.58 bits per heavy atom. The summed E-state index contributed by atoms with van der Waals surface area (Å²) < 4.78 is 65.7. The first-order valence-electron chi connectivity index (χ1n) is 10.9. The maximum absolute atomic E-state index is 11.1. The molecule has 0 saturated carbocycles. The number of fused-ring (bicyclic) bond motifs is 1. The van der Waals surface area contributed by atoms with E-state index in [0.717, 1.165) is 48.4 Å². The van der Waals surface area contributed by atoms with E-state index in [0.29, 0.717) is 0 Å². The van der Waals surface area contributed by atoms with Gasteiger partial charge in [-0.05, 0) is 37.2 Å². The molecule has 214 valence electrons. The predicted octanol–water partition coefficient (Wildman–Crippen LogP) is 3.77. The van der Waals surface area contributed by atoms with Gasteiger partial charge in [0.1, 0.15) is 5.82 Å². The summed E-state index contributed by atoms with van der Waals surface area (Å²) in [5.41, 5.74) is 4.51. The molecule has 0 aliphatic heterocycles. The van der Waals surface area contributed by atoms with Gasteiger partial charge in [0.05, 0.1) is 11.0 Å². The number of aromatic nitrogens is 2. The van der Waals surface area contributed by atoms with Gasteiger partial charge in [-0.1, -0.05) is 25.8 Å². The number of nitrogens with zero attached hydrogens (tertiary/aromatic N) is 2. The standard InChI is InChI=1S/C18H26N4O2.2C2HF3O2/c1-3-4-5-6-17-20-15-13-14(8-10-18(23)21-24)7-9-16(15)22(17)12-11-19-2;2*3-2(4,5)1(6)7/h7-10,13,19,24H,3-6,11-12H2,1-2H3,(H,21,23);2*(H,6,7)/b10-8+;;. The van der Waals surface area contributed by atoms with E-state index < -0.39 is 30.2 Å². The van der Waals surface area contributed by atoms with Crippen molar-refractivity contribution >= 4 is 35.0 Å². The number of aryl methyl sites for hydroxylation is 1. The highest BCUT2D eigenvalue weighted by Crippen LogP contribution is 2.20. The maximum Gasteiger partial charge on any atom is 0.490 e. The Hall–Kier alpha value is -3.66. The summed E-state index contributed by atoms with van der Waals surface area (Å²) in [7, 11) is 1.95. The van der Waals surface area contributed by atoms with E-state index in [1.165, 1.54) is 18.9 Å². The first-order chi connectivity index (χ1) is 17.6. The largest absolute Gasteiger partial charge is 0.490 e. The van der Waals surface area contributed by atoms with Crippen LogP contribution in [-0.2, 0) is 27.3 Å². The molecule has 0 atom stereocenters. The predicted molar refractivity (Wildman–Crippen MR) is 123 cm³/mol. The first kappa shape index (κ1) is 34.3. The number of carboxylic acid groups (broad SMARTS) is 2. The minimum atomic E-state index is -5.08. The number of rotatable bonds is 9. The fraction of sp³-hybridized carbons (Fsp3) is 0.455. The van der Waals surface area contributed by atoms with Gasteiger partial charge in [0.15, 0.2) is 0 Å². The van der Waals surface area contributed by atoms with E-state index in [1.807, 2.05) is 25.2 Å². The molecule has 0 aliphatic rings. The molecule has 0 spiro atoms. The molecule has 5 N–H and O–H groups in total. The molecule has 1 heterocycles. The van der Waals surface area contributed by atoms with Crippen LogP contribution in [0, 0.1) is 0 Å². The van der Waals surface area contributed by atoms with Crippen LogP contribution in [-0.4, -0.2) is 68.8 Å². The van der Waals surface area contributed by atoms with Crippen molar-refractivity contribution in [2.24, 2.45) is 0 Å². The molecule has 10 nitrogen and oxygen atoms in total. The van der Waals surface area contributed by atoms with Gasteiger partial charge in [-0.25, -0.2) is 20.1 Å². The summed E-state index contributed by atoms with van der Waals surface area (Å²) in [6.45, 7) is 3.98. The fourth-order valence-corrected chi connectivity index (χ4v) is 2.71. The van der Waals surface area contributed by atoms with Crippen LogP contribution in [0.25, 0.3) is 17.1 Å². The van der Waals surface area contributed by atoms with Gasteiger partial charge < -0.3 is 20.1 Å². The molecule has 0 saturated heterocycles. The number of carbonyl (C=O) groups excluding carboxylic acids is 1. The van der Waals surface area contributed by atoms with Crippen molar-refractivity contribution in [1.29, 1.82) is 0 Å². The summed E-state index contributed by atoms with van der Waals surface area (Å²) in [4.78, 5) is 33.7. The van der Waals surface area contributed by atoms with Crippen LogP contribution in [0.4, 0.5) is 26.3 Å². The summed E-state index contributed by atoms with van der Waals surface area (Å²) in [6.07, 6.45) is -2.69. The highest BCUT2D eigenvalue weighted by Gasteiger charge is 2.38. The second kappa shape index (κ2) is 16.2. The monoisotopic (exact) mass is 558 g/mol. The first-order valence-corrected chi connectivity index (χ1v) is 10.9. The van der Waals surface area contributed by atoms with E-state index in [2.05, 4.69) is 16.8 Å². The van der Waals surface area contributed by atoms with E-state index >= 15 is 0 Å². The molecule has 2 aromatic rings. The Morgan fingerprint density at radius 1 is 1.03 bits per heavy atom. The number of benzene rings is 1. The van der Waals surface area contributed by atoms with Crippen LogP contribution in [0.2, 0.25) is 0 Å². The van der Waals surface area contributed by atoms with E-state index in [4.69, 9.17) is 30.0 Å². The van der Waals surface area contributed by atoms with Crippen molar-refractivity contribution in [3.8, 4) is 0 Å². The molecule has 38 heavy (non-hydrogen) atoms. The molecular weight excluding hydrogens is 530 g/mol. The number of hydroxylamine groups is 1. The number of likely N-dealkylation sites (N-methyl/N-ethyl adjacent to an activating group) is 1. The number of amides is 1. The lowest BCUT2D eigenvalue weighted by molar-refractivity contribution is -0.193. The van der Waals surface area contributed by atoms with Gasteiger partial charge in [-0.2, -0.15) is 26.3 Å². The normalized spacial score (nSPS) is 11.4. The quantitative estimate of drug-likeness (QED) is 0.103. The summed E-state index contributed by atoms with van der Waals surface area (Å²) in [5.74, 6) is -4.95. The summed E-state index contributed by atoms with van der Waals surface area (Å²) >= 11 is 0. The number of imidazole rings is 1. The second-order valence-electron chi connectivity index (χ2n) is 7.40. The van der Waals surface area contributed by atoms with Crippen molar-refractivity contribution in [1.82, 2.24) is 20.3 Å². The van der Waals surface area contributed by atoms with E-state index in [1.54, 1.807) is 11.6 Å². The van der Waals surface area contributed by atoms with Gasteiger partial charge in [-0.3, -0.25) is 10.0 Å². The zero-order chi connectivity index (χ0) is 29.5. The molecule has 16 heteroatoms. The molecule has 0 unspecified atom stereocenters. The Morgan fingerprint density at radius 3 is 2.03 bits per heavy atom. The number of hydrogen-bond donors (Lipinski definition) is 5. The van der Waals surface area contributed by atoms with Crippen molar-refractivity contribution < 1.29 is 56.1 Å². The number of unbranched alkanes of at least 4 members (excludes halogenated alkanes) is 2. The third kappa shape index (κ3) is 13.0. The van der Waals surface area contributed by atoms with Crippen LogP contribution in [0.15, 0.2) is 24.3 Å². The lowest BCUT2D eigenvalue weighted by Crippen LogP contribution is -2.21. The molecule has 2 rings (SSSR count). The van der Waals surface area contributed by atoms with Crippen molar-refractivity contribution in [2.75, 3.05) is 13.6 Å². The fourth-order valence-electron chi connectivity index (χ4n) is 2.71. The second-order valence-corrected chi connectivity index (χ2v) is 7.40. The molecule has 1 aromatic carbocycles. The van der Waals surface area contributed by atoms with Crippen LogP contribution in [0.3, 0.4) is 0 Å². The Balaban J connectivity index is 0.000000804. The molecule has 1 aromatic heterocycles. The highest BCUT2D eigenvalue weighted by atomic mass is 19.4. The third-order valence-corrected chi connectivity index (χ3v) is 4.46. The topological polar surface area (TPSA) is 154 Å². The van der Waals surface area contributed by atoms with E-state index in [9.17, 15) is 31.1 Å². The van der Waals surface area contributed by atoms with Crippen molar-refractivity contribution in [3.63, 3.8) is 0 Å². The number of alkyl halides is 6. The van der Waals surface area contributed by atoms with Gasteiger partial charge in [0.2, 0.25) is 0 Å². The molecule has 0 fully saturated rings. The van der Waals surface area contributed by atoms with Gasteiger partial charge in [-0.15, -0.1) is 0 Å². The Kier molecular flexibility index (Phi) is 14.7. The smallest absolute Gasteiger partial charge is 0.475 e. The number of carboxylic acids is 2. The van der Waals surface area contributed by atoms with Crippen LogP contribution >= 0.6 is 0 Å². The third-order valence-electron chi connectivity index (χ3n) is 4.46. The Labute approximate surface area is 212 Å². The summed E-state index contributed by atoms with van der Waals surface area (Å²) in [5, 5.41) is 26.0. The zero-order valence-corrected chi connectivity index (χ0v) is 20.4. The average molecular weight is 558 g/mol. The van der Waals surface area contributed by atoms with Gasteiger partial charge in [0, 0.05) is 25.6 Å². The molecular formula is C22H28F6N4O6. The van der Waals surface area contributed by atoms with Gasteiger partial charge in [0.25, 0.3) is 5.91 Å². The van der Waals surface area contributed by atoms with Crippen molar-refractivity contribution in [2.45, 2.75) is 51.5 Å². The number of nitrogens with one attached hydrogen (secondary N) is 2. The van der Waals surface area contributed by atoms with Gasteiger partial charge >= 0.3 is 24.3 Å². The van der Waals surface area contributed by atoms with Crippen LogP contribution in [0.1, 0.15) is 37.6 Å². The minimum Gasteiger partial charge on any atom is -0.475 e. The SMILES string of the molecule is CCCCCc1nc2cc(/C=C/C(=O)NO)ccc2n1CCNC.O=C(O)C(F)(F)F.O=C(O)C(F)(F)F. The number of hydrogen-bond acceptors (Lipinski definition) is 6. The lowest BCUT2D eigenvalue weighted by Gasteiger charge is -2.08. The lowest BCUT2D eigenvalue weighted by atomic mass is 10.2. The Bertz CT molecular complexity index is 1060. The number of carbonyl (C=O) groups is 3. The summed E-state index contributed by atoms with van der Waals surface area (Å²) in [6, 6.07) is 5.96. The van der Waals surface area contributed by atoms with E-state index in [-0.39, 0.29) is 0 Å². The maximum atomic E-state index is 11.1. The number of halogens is 6. The van der Waals surface area contributed by atoms with Crippen LogP contribution in [0.5, 0.6) is 0 Å². The molecule has 1 amide bonds. The van der Waals surface area contributed by atoms with Crippen LogP contribution < -0.4 is 10.8 Å².